The average Bonchev–Trinajstić information content (AvgIpc) is 2.97. The number of anilines is 1. The molecule has 0 atom stereocenters. The molecule has 2 aliphatic heterocycles. The van der Waals surface area contributed by atoms with Gasteiger partial charge in [0.05, 0.1) is 18.6 Å². The molecular weight excluding hydrogens is 516 g/mol. The maximum atomic E-state index is 11.5. The normalized spacial score (nSPS) is 13.6. The van der Waals surface area contributed by atoms with E-state index in [2.05, 4.69) is 51.5 Å². The molecule has 3 aliphatic rings. The van der Waals surface area contributed by atoms with Gasteiger partial charge in [0.25, 0.3) is 0 Å². The van der Waals surface area contributed by atoms with Crippen molar-refractivity contribution in [1.29, 1.82) is 5.41 Å². The Labute approximate surface area is 233 Å². The maximum Gasteiger partial charge on any atom is 0.234 e. The number of carbonyl (C=O) groups excluding carboxylic acids is 1. The first-order valence-corrected chi connectivity index (χ1v) is 13.5. The molecule has 0 unspecified atom stereocenters. The molecule has 1 amide bonds. The predicted molar refractivity (Wildman–Crippen MR) is 155 cm³/mol. The van der Waals surface area contributed by atoms with E-state index >= 15 is 0 Å². The summed E-state index contributed by atoms with van der Waals surface area (Å²) in [7, 11) is 2.98. The molecule has 1 aliphatic carbocycles. The van der Waals surface area contributed by atoms with Crippen molar-refractivity contribution >= 4 is 34.2 Å². The summed E-state index contributed by atoms with van der Waals surface area (Å²) < 4.78 is 11.8. The van der Waals surface area contributed by atoms with E-state index in [1.807, 2.05) is 25.2 Å². The van der Waals surface area contributed by atoms with Gasteiger partial charge in [0.1, 0.15) is 17.2 Å². The Hall–Kier alpha value is -3.43. The number of hydrogen-bond acceptors (Lipinski definition) is 7. The zero-order valence-corrected chi connectivity index (χ0v) is 23.1. The fraction of sp³-hybridized carbons (Fsp3) is 0.333. The van der Waals surface area contributed by atoms with Gasteiger partial charge in [0.15, 0.2) is 0 Å². The lowest BCUT2D eigenvalue weighted by Crippen LogP contribution is -2.35. The third kappa shape index (κ3) is 6.96. The fourth-order valence-corrected chi connectivity index (χ4v) is 4.90. The van der Waals surface area contributed by atoms with Crippen molar-refractivity contribution in [3.05, 3.63) is 71.6 Å². The van der Waals surface area contributed by atoms with Crippen LogP contribution < -0.4 is 15.6 Å². The smallest absolute Gasteiger partial charge is 0.234 e. The largest absolute Gasteiger partial charge is 0.456 e. The van der Waals surface area contributed by atoms with Crippen LogP contribution in [0.15, 0.2) is 65.1 Å². The van der Waals surface area contributed by atoms with Gasteiger partial charge in [-0.05, 0) is 41.5 Å². The monoisotopic (exact) mass is 550 g/mol. The first-order valence-electron chi connectivity index (χ1n) is 12.9. The Morgan fingerprint density at radius 3 is 2.67 bits per heavy atom. The van der Waals surface area contributed by atoms with Gasteiger partial charge in [-0.15, -0.1) is 11.6 Å². The van der Waals surface area contributed by atoms with Gasteiger partial charge in [-0.25, -0.2) is 0 Å². The van der Waals surface area contributed by atoms with Crippen molar-refractivity contribution in [2.45, 2.75) is 6.54 Å². The lowest BCUT2D eigenvalue weighted by atomic mass is 9.92. The van der Waals surface area contributed by atoms with Crippen LogP contribution in [-0.4, -0.2) is 75.3 Å². The summed E-state index contributed by atoms with van der Waals surface area (Å²) in [5, 5.41) is 19.4. The van der Waals surface area contributed by atoms with Crippen LogP contribution in [0.3, 0.4) is 0 Å². The molecule has 5 rings (SSSR count). The van der Waals surface area contributed by atoms with Gasteiger partial charge >= 0.3 is 0 Å². The van der Waals surface area contributed by atoms with Crippen molar-refractivity contribution in [3.63, 3.8) is 0 Å². The highest BCUT2D eigenvalue weighted by Crippen LogP contribution is 2.41. The molecule has 9 heteroatoms. The highest BCUT2D eigenvalue weighted by atomic mass is 35.5. The van der Waals surface area contributed by atoms with Gasteiger partial charge in [0, 0.05) is 81.2 Å². The van der Waals surface area contributed by atoms with E-state index in [0.717, 1.165) is 73.3 Å². The first-order chi connectivity index (χ1) is 19.0. The van der Waals surface area contributed by atoms with Crippen LogP contribution >= 0.6 is 11.6 Å². The van der Waals surface area contributed by atoms with Gasteiger partial charge in [-0.2, -0.15) is 0 Å². The second kappa shape index (κ2) is 13.6. The van der Waals surface area contributed by atoms with E-state index in [1.165, 1.54) is 5.56 Å². The lowest BCUT2D eigenvalue weighted by Gasteiger charge is -2.26. The highest BCUT2D eigenvalue weighted by molar-refractivity contribution is 6.27. The summed E-state index contributed by atoms with van der Waals surface area (Å²) in [5.41, 5.74) is 6.19. The molecule has 2 heterocycles. The first kappa shape index (κ1) is 28.6. The molecule has 3 N–H and O–H groups in total. The minimum absolute atomic E-state index is 0.0416. The standard InChI is InChI=1S/C29H31ClN4O3.CH4O/c1-33(10-9-32-28(35)18-30)23-6-8-25-27(17-23)37-26-16-22(31)5-7-24(26)29(25)21-4-2-3-20(15-21)19-34-11-13-36-14-12-34;1-2/h2-8,15-17,31H,9-14,18-19H2,1H3,(H,32,35);2H,1H3. The van der Waals surface area contributed by atoms with Crippen molar-refractivity contribution in [3.8, 4) is 22.5 Å². The second-order valence-corrected chi connectivity index (χ2v) is 9.63. The summed E-state index contributed by atoms with van der Waals surface area (Å²) in [6.45, 7) is 5.46. The van der Waals surface area contributed by atoms with E-state index in [1.54, 1.807) is 6.07 Å². The number of likely N-dealkylation sites (N-methyl/N-ethyl adjacent to an activating group) is 1. The quantitative estimate of drug-likeness (QED) is 0.227. The van der Waals surface area contributed by atoms with Crippen LogP contribution in [0.4, 0.5) is 5.69 Å². The number of nitrogens with zero attached hydrogens (tertiary/aromatic N) is 2. The summed E-state index contributed by atoms with van der Waals surface area (Å²) in [6.07, 6.45) is 0. The summed E-state index contributed by atoms with van der Waals surface area (Å²) >= 11 is 5.57. The summed E-state index contributed by atoms with van der Waals surface area (Å²) in [4.78, 5) is 16.0. The van der Waals surface area contributed by atoms with E-state index < -0.39 is 0 Å². The molecule has 39 heavy (non-hydrogen) atoms. The number of rotatable bonds is 8. The van der Waals surface area contributed by atoms with Gasteiger partial charge in [0.2, 0.25) is 5.91 Å². The van der Waals surface area contributed by atoms with Gasteiger partial charge in [-0.3, -0.25) is 9.69 Å². The van der Waals surface area contributed by atoms with Crippen LogP contribution in [-0.2, 0) is 16.1 Å². The molecule has 0 radical (unpaired) electrons. The van der Waals surface area contributed by atoms with E-state index in [9.17, 15) is 4.79 Å². The van der Waals surface area contributed by atoms with E-state index in [-0.39, 0.29) is 11.8 Å². The Kier molecular flexibility index (Phi) is 9.95. The van der Waals surface area contributed by atoms with Crippen molar-refractivity contribution in [1.82, 2.24) is 10.2 Å². The molecule has 206 valence electrons. The summed E-state index contributed by atoms with van der Waals surface area (Å²) in [5.74, 6) is 0.463. The molecular formula is C30H35ClN4O4. The zero-order valence-electron chi connectivity index (χ0n) is 22.4. The number of carbonyl (C=O) groups is 1. The molecule has 0 bridgehead atoms. The number of benzene rings is 3. The molecule has 1 fully saturated rings. The van der Waals surface area contributed by atoms with Gasteiger partial charge < -0.3 is 29.9 Å². The Bertz CT molecular complexity index is 1430. The average molecular weight is 551 g/mol. The highest BCUT2D eigenvalue weighted by Gasteiger charge is 2.19. The van der Waals surface area contributed by atoms with E-state index in [0.29, 0.717) is 24.2 Å². The van der Waals surface area contributed by atoms with Crippen molar-refractivity contribution in [2.75, 3.05) is 64.3 Å². The number of aliphatic hydroxyl groups is 1. The molecule has 2 aromatic rings. The predicted octanol–water partition coefficient (Wildman–Crippen LogP) is 3.92. The molecule has 0 saturated carbocycles. The Morgan fingerprint density at radius 2 is 1.90 bits per heavy atom. The Morgan fingerprint density at radius 1 is 1.10 bits per heavy atom. The van der Waals surface area contributed by atoms with Crippen molar-refractivity contribution in [2.24, 2.45) is 0 Å². The second-order valence-electron chi connectivity index (χ2n) is 9.36. The zero-order chi connectivity index (χ0) is 27.8. The van der Waals surface area contributed by atoms with Crippen LogP contribution in [0.25, 0.3) is 33.4 Å². The van der Waals surface area contributed by atoms with Crippen LogP contribution in [0.1, 0.15) is 5.56 Å². The number of morpholine rings is 1. The molecule has 1 saturated heterocycles. The number of fused-ring (bicyclic) bond motifs is 2. The minimum atomic E-state index is -0.179. The van der Waals surface area contributed by atoms with Crippen molar-refractivity contribution < 1.29 is 19.1 Å². The number of alkyl halides is 1. The number of halogens is 1. The SMILES string of the molecule is CN(CCNC(=O)CCl)c1ccc2c(-c3cccc(CN4CCOCC4)c3)c3ccc(=N)cc-3oc2c1.CO. The van der Waals surface area contributed by atoms with Crippen LogP contribution in [0.5, 0.6) is 0 Å². The minimum Gasteiger partial charge on any atom is -0.456 e. The number of nitrogens with one attached hydrogen (secondary N) is 2. The number of ether oxygens (including phenoxy) is 1. The topological polar surface area (TPSA) is 102 Å². The molecule has 0 spiro atoms. The summed E-state index contributed by atoms with van der Waals surface area (Å²) in [6, 6.07) is 20.4. The number of amides is 1. The number of hydrogen-bond donors (Lipinski definition) is 3. The van der Waals surface area contributed by atoms with Gasteiger partial charge in [-0.1, -0.05) is 18.2 Å². The number of aliphatic hydroxyl groups excluding tert-OH is 1. The third-order valence-corrected chi connectivity index (χ3v) is 7.01. The Balaban J connectivity index is 0.00000172. The van der Waals surface area contributed by atoms with E-state index in [4.69, 9.17) is 31.3 Å². The fourth-order valence-electron chi connectivity index (χ4n) is 4.81. The molecule has 2 aromatic carbocycles. The maximum absolute atomic E-state index is 11.5. The van der Waals surface area contributed by atoms with Crippen LogP contribution in [0, 0.1) is 5.41 Å². The molecule has 0 aromatic heterocycles. The lowest BCUT2D eigenvalue weighted by molar-refractivity contribution is -0.118. The third-order valence-electron chi connectivity index (χ3n) is 6.76. The molecule has 8 nitrogen and oxygen atoms in total. The van der Waals surface area contributed by atoms with Crippen LogP contribution in [0.2, 0.25) is 0 Å².